The Morgan fingerprint density at radius 3 is 2.46 bits per heavy atom. The lowest BCUT2D eigenvalue weighted by atomic mass is 9.95. The number of ketones is 1. The number of amides is 1. The van der Waals surface area contributed by atoms with E-state index in [1.165, 1.54) is 4.88 Å². The average molecular weight is 342 g/mol. The number of rotatable bonds is 5. The Morgan fingerprint density at radius 1 is 1.17 bits per heavy atom. The van der Waals surface area contributed by atoms with Gasteiger partial charge in [-0.05, 0) is 55.5 Å². The number of nitrogens with one attached hydrogen (secondary N) is 1. The monoisotopic (exact) mass is 342 g/mol. The fourth-order valence-electron chi connectivity index (χ4n) is 3.04. The van der Waals surface area contributed by atoms with Gasteiger partial charge in [-0.3, -0.25) is 9.59 Å². The summed E-state index contributed by atoms with van der Waals surface area (Å²) in [5.74, 6) is 0.343. The van der Waals surface area contributed by atoms with Crippen molar-refractivity contribution in [1.29, 1.82) is 0 Å². The van der Waals surface area contributed by atoms with E-state index in [2.05, 4.69) is 10.2 Å². The Hall–Kier alpha value is -2.14. The minimum atomic E-state index is 0.0858. The molecule has 1 saturated heterocycles. The number of piperidine rings is 1. The molecule has 0 radical (unpaired) electrons. The van der Waals surface area contributed by atoms with Gasteiger partial charge < -0.3 is 10.2 Å². The van der Waals surface area contributed by atoms with E-state index in [4.69, 9.17) is 0 Å². The third-order valence-corrected chi connectivity index (χ3v) is 5.40. The molecular weight excluding hydrogens is 320 g/mol. The lowest BCUT2D eigenvalue weighted by Crippen LogP contribution is -2.40. The number of thiophene rings is 1. The van der Waals surface area contributed by atoms with Gasteiger partial charge in [0.15, 0.2) is 5.78 Å². The summed E-state index contributed by atoms with van der Waals surface area (Å²) in [6.45, 7) is 3.95. The van der Waals surface area contributed by atoms with E-state index in [0.717, 1.165) is 37.2 Å². The number of anilines is 1. The van der Waals surface area contributed by atoms with Gasteiger partial charge in [-0.15, -0.1) is 11.3 Å². The summed E-state index contributed by atoms with van der Waals surface area (Å²) in [4.78, 5) is 27.1. The number of carbonyl (C=O) groups is 2. The second-order valence-corrected chi connectivity index (χ2v) is 7.19. The maximum atomic E-state index is 12.3. The van der Waals surface area contributed by atoms with Crippen LogP contribution in [0.25, 0.3) is 0 Å². The van der Waals surface area contributed by atoms with Crippen molar-refractivity contribution >= 4 is 28.7 Å². The highest BCUT2D eigenvalue weighted by molar-refractivity contribution is 7.09. The summed E-state index contributed by atoms with van der Waals surface area (Å²) >= 11 is 1.67. The molecule has 4 nitrogen and oxygen atoms in total. The van der Waals surface area contributed by atoms with Crippen LogP contribution < -0.4 is 10.2 Å². The van der Waals surface area contributed by atoms with Gasteiger partial charge in [0.05, 0.1) is 6.54 Å². The Morgan fingerprint density at radius 2 is 1.88 bits per heavy atom. The van der Waals surface area contributed by atoms with Gasteiger partial charge in [0.1, 0.15) is 0 Å². The molecule has 0 spiro atoms. The molecule has 126 valence electrons. The predicted molar refractivity (Wildman–Crippen MR) is 97.5 cm³/mol. The summed E-state index contributed by atoms with van der Waals surface area (Å²) < 4.78 is 0. The summed E-state index contributed by atoms with van der Waals surface area (Å²) in [6.07, 6.45) is 1.73. The van der Waals surface area contributed by atoms with Crippen molar-refractivity contribution in [3.8, 4) is 0 Å². The average Bonchev–Trinajstić information content (AvgIpc) is 3.13. The zero-order valence-corrected chi connectivity index (χ0v) is 14.6. The largest absolute Gasteiger partial charge is 0.371 e. The molecule has 1 aliphatic heterocycles. The molecule has 1 amide bonds. The molecule has 0 aliphatic carbocycles. The standard InChI is InChI=1S/C19H22N2O2S/c1-14(22)15-4-6-17(7-5-15)21-10-8-16(9-11-21)19(23)20-13-18-3-2-12-24-18/h2-7,12,16H,8-11,13H2,1H3,(H,20,23). The van der Waals surface area contributed by atoms with Crippen molar-refractivity contribution in [1.82, 2.24) is 5.32 Å². The quantitative estimate of drug-likeness (QED) is 0.846. The minimum Gasteiger partial charge on any atom is -0.371 e. The van der Waals surface area contributed by atoms with E-state index in [1.54, 1.807) is 18.3 Å². The molecule has 5 heteroatoms. The number of hydrogen-bond donors (Lipinski definition) is 1. The molecule has 0 bridgehead atoms. The van der Waals surface area contributed by atoms with Crippen molar-refractivity contribution < 1.29 is 9.59 Å². The van der Waals surface area contributed by atoms with E-state index >= 15 is 0 Å². The maximum Gasteiger partial charge on any atom is 0.223 e. The third kappa shape index (κ3) is 4.03. The van der Waals surface area contributed by atoms with Gasteiger partial charge in [0.2, 0.25) is 5.91 Å². The topological polar surface area (TPSA) is 49.4 Å². The first-order valence-electron chi connectivity index (χ1n) is 8.29. The van der Waals surface area contributed by atoms with Crippen LogP contribution >= 0.6 is 11.3 Å². The molecule has 1 aromatic carbocycles. The number of Topliss-reactive ketones (excluding diaryl/α,β-unsaturated/α-hetero) is 1. The fraction of sp³-hybridized carbons (Fsp3) is 0.368. The Bertz CT molecular complexity index is 687. The van der Waals surface area contributed by atoms with Crippen LogP contribution in [0.4, 0.5) is 5.69 Å². The van der Waals surface area contributed by atoms with Gasteiger partial charge in [-0.2, -0.15) is 0 Å². The normalized spacial score (nSPS) is 15.3. The molecule has 1 fully saturated rings. The highest BCUT2D eigenvalue weighted by Crippen LogP contribution is 2.24. The first-order valence-corrected chi connectivity index (χ1v) is 9.17. The molecule has 2 heterocycles. The van der Waals surface area contributed by atoms with E-state index in [-0.39, 0.29) is 17.6 Å². The van der Waals surface area contributed by atoms with Gasteiger partial charge in [-0.25, -0.2) is 0 Å². The Balaban J connectivity index is 1.49. The summed E-state index contributed by atoms with van der Waals surface area (Å²) in [5.41, 5.74) is 1.86. The number of benzene rings is 1. The zero-order valence-electron chi connectivity index (χ0n) is 13.8. The van der Waals surface area contributed by atoms with E-state index in [1.807, 2.05) is 41.8 Å². The van der Waals surface area contributed by atoms with Crippen LogP contribution in [0.1, 0.15) is 35.0 Å². The van der Waals surface area contributed by atoms with Crippen LogP contribution in [0.3, 0.4) is 0 Å². The molecule has 0 unspecified atom stereocenters. The lowest BCUT2D eigenvalue weighted by Gasteiger charge is -2.33. The molecule has 0 saturated carbocycles. The van der Waals surface area contributed by atoms with Crippen molar-refractivity contribution in [2.75, 3.05) is 18.0 Å². The molecule has 1 aliphatic rings. The summed E-state index contributed by atoms with van der Waals surface area (Å²) in [7, 11) is 0. The summed E-state index contributed by atoms with van der Waals surface area (Å²) in [5, 5.41) is 5.07. The Kier molecular flexibility index (Phi) is 5.30. The van der Waals surface area contributed by atoms with Crippen molar-refractivity contribution in [2.24, 2.45) is 5.92 Å². The highest BCUT2D eigenvalue weighted by Gasteiger charge is 2.25. The fourth-order valence-corrected chi connectivity index (χ4v) is 3.68. The van der Waals surface area contributed by atoms with E-state index in [9.17, 15) is 9.59 Å². The van der Waals surface area contributed by atoms with Gasteiger partial charge in [0, 0.05) is 35.1 Å². The van der Waals surface area contributed by atoms with Crippen molar-refractivity contribution in [3.05, 3.63) is 52.2 Å². The molecule has 1 aromatic heterocycles. The lowest BCUT2D eigenvalue weighted by molar-refractivity contribution is -0.125. The zero-order chi connectivity index (χ0) is 16.9. The van der Waals surface area contributed by atoms with Crippen molar-refractivity contribution in [3.63, 3.8) is 0 Å². The predicted octanol–water partition coefficient (Wildman–Crippen LogP) is 3.48. The minimum absolute atomic E-state index is 0.0858. The number of nitrogens with zero attached hydrogens (tertiary/aromatic N) is 1. The summed E-state index contributed by atoms with van der Waals surface area (Å²) in [6, 6.07) is 11.8. The van der Waals surface area contributed by atoms with Crippen LogP contribution in [-0.4, -0.2) is 24.8 Å². The van der Waals surface area contributed by atoms with E-state index in [0.29, 0.717) is 6.54 Å². The molecule has 1 N–H and O–H groups in total. The number of carbonyl (C=O) groups excluding carboxylic acids is 2. The molecule has 24 heavy (non-hydrogen) atoms. The second-order valence-electron chi connectivity index (χ2n) is 6.16. The van der Waals surface area contributed by atoms with Gasteiger partial charge in [-0.1, -0.05) is 6.07 Å². The smallest absolute Gasteiger partial charge is 0.223 e. The molecule has 0 atom stereocenters. The Labute approximate surface area is 146 Å². The highest BCUT2D eigenvalue weighted by atomic mass is 32.1. The maximum absolute atomic E-state index is 12.3. The first-order chi connectivity index (χ1) is 11.6. The molecule has 2 aromatic rings. The second kappa shape index (κ2) is 7.62. The van der Waals surface area contributed by atoms with Crippen LogP contribution in [0.2, 0.25) is 0 Å². The van der Waals surface area contributed by atoms with Crippen LogP contribution in [0.5, 0.6) is 0 Å². The first kappa shape index (κ1) is 16.7. The van der Waals surface area contributed by atoms with Crippen molar-refractivity contribution in [2.45, 2.75) is 26.3 Å². The SMILES string of the molecule is CC(=O)c1ccc(N2CCC(C(=O)NCc3cccs3)CC2)cc1. The van der Waals surface area contributed by atoms with Gasteiger partial charge in [0.25, 0.3) is 0 Å². The third-order valence-electron chi connectivity index (χ3n) is 4.52. The van der Waals surface area contributed by atoms with E-state index < -0.39 is 0 Å². The van der Waals surface area contributed by atoms with Crippen LogP contribution in [-0.2, 0) is 11.3 Å². The number of hydrogen-bond acceptors (Lipinski definition) is 4. The van der Waals surface area contributed by atoms with Gasteiger partial charge >= 0.3 is 0 Å². The van der Waals surface area contributed by atoms with Crippen LogP contribution in [0.15, 0.2) is 41.8 Å². The molecular formula is C19H22N2O2S. The molecule has 3 rings (SSSR count). The van der Waals surface area contributed by atoms with Crippen LogP contribution in [0, 0.1) is 5.92 Å².